The summed E-state index contributed by atoms with van der Waals surface area (Å²) in [4.78, 5) is 10.4. The second-order valence-electron chi connectivity index (χ2n) is 5.89. The maximum atomic E-state index is 10.4. The Kier molecular flexibility index (Phi) is 14.9. The first-order chi connectivity index (χ1) is 10.2. The van der Waals surface area contributed by atoms with Crippen LogP contribution in [0, 0.1) is 0 Å². The summed E-state index contributed by atoms with van der Waals surface area (Å²) >= 11 is 0. The van der Waals surface area contributed by atoms with Crippen molar-refractivity contribution in [1.82, 2.24) is 0 Å². The van der Waals surface area contributed by atoms with Crippen LogP contribution in [-0.2, 0) is 4.79 Å². The summed E-state index contributed by atoms with van der Waals surface area (Å²) in [6.45, 7) is 2.25. The highest BCUT2D eigenvalue weighted by atomic mass is 16.4. The Labute approximate surface area is 130 Å². The molecule has 0 aliphatic rings. The van der Waals surface area contributed by atoms with Crippen molar-refractivity contribution in [2.45, 2.75) is 96.5 Å². The van der Waals surface area contributed by atoms with Gasteiger partial charge >= 0.3 is 5.97 Å². The average molecular weight is 298 g/mol. The number of hydrogen-bond donors (Lipinski definition) is 2. The lowest BCUT2D eigenvalue weighted by Gasteiger charge is -2.02. The van der Waals surface area contributed by atoms with Crippen molar-refractivity contribution in [2.24, 2.45) is 0 Å². The number of carboxylic acids is 1. The molecule has 0 spiro atoms. The number of carbonyl (C=O) groups is 1. The summed E-state index contributed by atoms with van der Waals surface area (Å²) in [5, 5.41) is 17.5. The van der Waals surface area contributed by atoms with Crippen LogP contribution in [0.1, 0.15) is 90.4 Å². The fourth-order valence-electron chi connectivity index (χ4n) is 2.41. The van der Waals surface area contributed by atoms with Gasteiger partial charge in [0.05, 0.1) is 0 Å². The van der Waals surface area contributed by atoms with Crippen molar-refractivity contribution in [3.8, 4) is 0 Å². The molecule has 3 heteroatoms. The highest BCUT2D eigenvalue weighted by molar-refractivity contribution is 5.74. The highest BCUT2D eigenvalue weighted by Crippen LogP contribution is 2.12. The van der Waals surface area contributed by atoms with E-state index in [1.165, 1.54) is 76.7 Å². The minimum atomic E-state index is -1.35. The Morgan fingerprint density at radius 3 is 1.71 bits per heavy atom. The highest BCUT2D eigenvalue weighted by Gasteiger charge is 2.06. The lowest BCUT2D eigenvalue weighted by Crippen LogP contribution is -2.15. The van der Waals surface area contributed by atoms with Gasteiger partial charge < -0.3 is 10.2 Å². The second kappa shape index (κ2) is 15.6. The molecule has 0 heterocycles. The molecule has 0 bridgehead atoms. The topological polar surface area (TPSA) is 57.5 Å². The molecule has 21 heavy (non-hydrogen) atoms. The van der Waals surface area contributed by atoms with Gasteiger partial charge in [0.2, 0.25) is 0 Å². The summed E-state index contributed by atoms with van der Waals surface area (Å²) in [5.41, 5.74) is 0. The first kappa shape index (κ1) is 20.2. The van der Waals surface area contributed by atoms with Gasteiger partial charge in [-0.3, -0.25) is 0 Å². The first-order valence-electron chi connectivity index (χ1n) is 8.76. The maximum absolute atomic E-state index is 10.4. The van der Waals surface area contributed by atoms with E-state index in [4.69, 9.17) is 10.2 Å². The zero-order valence-corrected chi connectivity index (χ0v) is 13.7. The molecule has 0 fully saturated rings. The largest absolute Gasteiger partial charge is 0.479 e. The van der Waals surface area contributed by atoms with Crippen LogP contribution in [0.15, 0.2) is 12.2 Å². The van der Waals surface area contributed by atoms with Gasteiger partial charge in [-0.1, -0.05) is 83.6 Å². The predicted octanol–water partition coefficient (Wildman–Crippen LogP) is 5.08. The number of allylic oxidation sites excluding steroid dienone is 1. The van der Waals surface area contributed by atoms with Gasteiger partial charge in [-0.15, -0.1) is 0 Å². The molecule has 0 radical (unpaired) electrons. The summed E-state index contributed by atoms with van der Waals surface area (Å²) in [6, 6.07) is 0. The first-order valence-corrected chi connectivity index (χ1v) is 8.76. The molecule has 0 saturated carbocycles. The van der Waals surface area contributed by atoms with Crippen LogP contribution in [0.25, 0.3) is 0 Å². The Morgan fingerprint density at radius 2 is 1.29 bits per heavy atom. The van der Waals surface area contributed by atoms with Crippen molar-refractivity contribution in [3.63, 3.8) is 0 Å². The fraction of sp³-hybridized carbons (Fsp3) is 0.833. The molecule has 2 N–H and O–H groups in total. The van der Waals surface area contributed by atoms with Crippen LogP contribution in [0.5, 0.6) is 0 Å². The Morgan fingerprint density at radius 1 is 0.857 bits per heavy atom. The minimum Gasteiger partial charge on any atom is -0.479 e. The van der Waals surface area contributed by atoms with Gasteiger partial charge in [0.25, 0.3) is 0 Å². The summed E-state index contributed by atoms with van der Waals surface area (Å²) in [7, 11) is 0. The zero-order valence-electron chi connectivity index (χ0n) is 13.7. The molecular formula is C18H34O3. The maximum Gasteiger partial charge on any atom is 0.336 e. The SMILES string of the molecule is CCCCCCCCCCCCCC/C=C/C(O)C(=O)O. The van der Waals surface area contributed by atoms with Crippen LogP contribution in [-0.4, -0.2) is 22.3 Å². The molecule has 0 aromatic rings. The zero-order chi connectivity index (χ0) is 15.8. The van der Waals surface area contributed by atoms with Crippen LogP contribution < -0.4 is 0 Å². The summed E-state index contributed by atoms with van der Waals surface area (Å²) in [5.74, 6) is -1.18. The van der Waals surface area contributed by atoms with Crippen LogP contribution in [0.3, 0.4) is 0 Å². The van der Waals surface area contributed by atoms with E-state index in [-0.39, 0.29) is 0 Å². The number of carboxylic acid groups (broad SMARTS) is 1. The molecule has 0 rings (SSSR count). The van der Waals surface area contributed by atoms with E-state index in [0.29, 0.717) is 0 Å². The molecule has 0 saturated heterocycles. The van der Waals surface area contributed by atoms with E-state index in [2.05, 4.69) is 6.92 Å². The van der Waals surface area contributed by atoms with E-state index in [1.807, 2.05) is 0 Å². The monoisotopic (exact) mass is 298 g/mol. The fourth-order valence-corrected chi connectivity index (χ4v) is 2.41. The summed E-state index contributed by atoms with van der Waals surface area (Å²) < 4.78 is 0. The summed E-state index contributed by atoms with van der Waals surface area (Å²) in [6.07, 6.45) is 18.5. The Bertz CT molecular complexity index is 261. The normalized spacial score (nSPS) is 12.9. The van der Waals surface area contributed by atoms with Gasteiger partial charge in [-0.2, -0.15) is 0 Å². The van der Waals surface area contributed by atoms with Crippen LogP contribution in [0.2, 0.25) is 0 Å². The van der Waals surface area contributed by atoms with Crippen LogP contribution in [0.4, 0.5) is 0 Å². The molecule has 0 aromatic carbocycles. The molecule has 1 unspecified atom stereocenters. The lowest BCUT2D eigenvalue weighted by molar-refractivity contribution is -0.144. The molecule has 0 amide bonds. The van der Waals surface area contributed by atoms with Crippen molar-refractivity contribution in [3.05, 3.63) is 12.2 Å². The predicted molar refractivity (Wildman–Crippen MR) is 88.5 cm³/mol. The van der Waals surface area contributed by atoms with Gasteiger partial charge in [0.15, 0.2) is 6.10 Å². The number of aliphatic hydroxyl groups is 1. The third-order valence-electron chi connectivity index (χ3n) is 3.80. The molecular weight excluding hydrogens is 264 g/mol. The van der Waals surface area contributed by atoms with E-state index in [0.717, 1.165) is 12.8 Å². The molecule has 124 valence electrons. The van der Waals surface area contributed by atoms with E-state index in [1.54, 1.807) is 6.08 Å². The number of rotatable bonds is 15. The Balaban J connectivity index is 3.14. The average Bonchev–Trinajstić information content (AvgIpc) is 2.47. The van der Waals surface area contributed by atoms with Gasteiger partial charge in [-0.05, 0) is 18.9 Å². The van der Waals surface area contributed by atoms with Crippen molar-refractivity contribution < 1.29 is 15.0 Å². The molecule has 1 atom stereocenters. The smallest absolute Gasteiger partial charge is 0.336 e. The molecule has 0 aliphatic carbocycles. The van der Waals surface area contributed by atoms with E-state index >= 15 is 0 Å². The van der Waals surface area contributed by atoms with Crippen molar-refractivity contribution in [2.75, 3.05) is 0 Å². The third-order valence-corrected chi connectivity index (χ3v) is 3.80. The molecule has 3 nitrogen and oxygen atoms in total. The van der Waals surface area contributed by atoms with Crippen LogP contribution >= 0.6 is 0 Å². The van der Waals surface area contributed by atoms with Gasteiger partial charge in [0, 0.05) is 0 Å². The van der Waals surface area contributed by atoms with E-state index < -0.39 is 12.1 Å². The van der Waals surface area contributed by atoms with E-state index in [9.17, 15) is 4.79 Å². The number of aliphatic hydroxyl groups excluding tert-OH is 1. The van der Waals surface area contributed by atoms with Gasteiger partial charge in [-0.25, -0.2) is 4.79 Å². The lowest BCUT2D eigenvalue weighted by atomic mass is 10.0. The number of hydrogen-bond acceptors (Lipinski definition) is 2. The third kappa shape index (κ3) is 15.4. The standard InChI is InChI=1S/C18H34O3/c1-2-3-4-5-6-7-8-9-10-11-12-13-14-15-16-17(19)18(20)21/h15-17,19H,2-14H2,1H3,(H,20,21)/b16-15+. The molecule has 0 aromatic heterocycles. The minimum absolute atomic E-state index is 0.863. The van der Waals surface area contributed by atoms with Crippen molar-refractivity contribution >= 4 is 5.97 Å². The number of unbranched alkanes of at least 4 members (excludes halogenated alkanes) is 12. The second-order valence-corrected chi connectivity index (χ2v) is 5.89. The molecule has 0 aliphatic heterocycles. The Hall–Kier alpha value is -0.830. The van der Waals surface area contributed by atoms with Crippen molar-refractivity contribution in [1.29, 1.82) is 0 Å². The van der Waals surface area contributed by atoms with Gasteiger partial charge in [0.1, 0.15) is 0 Å². The quantitative estimate of drug-likeness (QED) is 0.327. The number of aliphatic carboxylic acids is 1.